The van der Waals surface area contributed by atoms with E-state index in [2.05, 4.69) is 34.4 Å². The summed E-state index contributed by atoms with van der Waals surface area (Å²) in [5, 5.41) is 9.97. The van der Waals surface area contributed by atoms with Crippen LogP contribution in [0.1, 0.15) is 29.9 Å². The van der Waals surface area contributed by atoms with Gasteiger partial charge < -0.3 is 15.4 Å². The lowest BCUT2D eigenvalue weighted by Crippen LogP contribution is -2.44. The molecule has 0 saturated carbocycles. The summed E-state index contributed by atoms with van der Waals surface area (Å²) < 4.78 is 5.76. The SMILES string of the molecule is CC1CN(Cc2csc(NC(=O)CNC(=O)c3ccc4ccccc4c3)n2)CC(C)O1. The van der Waals surface area contributed by atoms with Crippen LogP contribution >= 0.6 is 11.3 Å². The third kappa shape index (κ3) is 5.66. The number of nitrogens with one attached hydrogen (secondary N) is 2. The Labute approximate surface area is 185 Å². The molecule has 31 heavy (non-hydrogen) atoms. The molecule has 1 aliphatic rings. The van der Waals surface area contributed by atoms with E-state index in [0.29, 0.717) is 10.7 Å². The van der Waals surface area contributed by atoms with Crippen LogP contribution in [-0.4, -0.2) is 53.5 Å². The standard InChI is InChI=1S/C23H26N4O3S/c1-15-11-27(12-16(2)30-15)13-20-14-31-23(25-20)26-21(28)10-24-22(29)19-8-7-17-5-3-4-6-18(17)9-19/h3-9,14-16H,10-13H2,1-2H3,(H,24,29)(H,25,26,28). The van der Waals surface area contributed by atoms with E-state index in [1.165, 1.54) is 11.3 Å². The molecule has 0 bridgehead atoms. The van der Waals surface area contributed by atoms with E-state index >= 15 is 0 Å². The molecule has 4 rings (SSSR count). The van der Waals surface area contributed by atoms with Crippen LogP contribution < -0.4 is 10.6 Å². The Bertz CT molecular complexity index is 1070. The van der Waals surface area contributed by atoms with Gasteiger partial charge in [0.1, 0.15) is 0 Å². The number of anilines is 1. The first kappa shape index (κ1) is 21.4. The van der Waals surface area contributed by atoms with Crippen LogP contribution in [0.2, 0.25) is 0 Å². The molecule has 0 radical (unpaired) electrons. The topological polar surface area (TPSA) is 83.6 Å². The summed E-state index contributed by atoms with van der Waals surface area (Å²) in [7, 11) is 0. The van der Waals surface area contributed by atoms with Crippen molar-refractivity contribution in [3.63, 3.8) is 0 Å². The van der Waals surface area contributed by atoms with Crippen molar-refractivity contribution in [2.45, 2.75) is 32.6 Å². The molecule has 8 heteroatoms. The zero-order chi connectivity index (χ0) is 21.8. The van der Waals surface area contributed by atoms with Crippen LogP contribution in [0.15, 0.2) is 47.8 Å². The Morgan fingerprint density at radius 1 is 1.13 bits per heavy atom. The fraction of sp³-hybridized carbons (Fsp3) is 0.348. The fourth-order valence-electron chi connectivity index (χ4n) is 3.84. The van der Waals surface area contributed by atoms with Crippen molar-refractivity contribution in [2.24, 2.45) is 0 Å². The summed E-state index contributed by atoms with van der Waals surface area (Å²) in [6, 6.07) is 13.3. The van der Waals surface area contributed by atoms with Gasteiger partial charge in [0.05, 0.1) is 24.4 Å². The van der Waals surface area contributed by atoms with E-state index in [-0.39, 0.29) is 30.6 Å². The van der Waals surface area contributed by atoms with Crippen molar-refractivity contribution >= 4 is 39.1 Å². The maximum atomic E-state index is 12.4. The predicted molar refractivity (Wildman–Crippen MR) is 122 cm³/mol. The van der Waals surface area contributed by atoms with Crippen LogP contribution in [0, 0.1) is 0 Å². The van der Waals surface area contributed by atoms with Crippen LogP contribution in [0.25, 0.3) is 10.8 Å². The van der Waals surface area contributed by atoms with Crippen molar-refractivity contribution in [3.05, 3.63) is 59.1 Å². The lowest BCUT2D eigenvalue weighted by Gasteiger charge is -2.34. The summed E-state index contributed by atoms with van der Waals surface area (Å²) in [4.78, 5) is 31.5. The number of ether oxygens (including phenoxy) is 1. The number of rotatable bonds is 6. The van der Waals surface area contributed by atoms with Gasteiger partial charge in [-0.15, -0.1) is 11.3 Å². The highest BCUT2D eigenvalue weighted by molar-refractivity contribution is 7.13. The second-order valence-electron chi connectivity index (χ2n) is 7.89. The number of aromatic nitrogens is 1. The van der Waals surface area contributed by atoms with Crippen molar-refractivity contribution in [2.75, 3.05) is 25.0 Å². The van der Waals surface area contributed by atoms with E-state index in [4.69, 9.17) is 4.74 Å². The number of carbonyl (C=O) groups excluding carboxylic acids is 2. The number of benzene rings is 2. The van der Waals surface area contributed by atoms with E-state index in [1.54, 1.807) is 6.07 Å². The van der Waals surface area contributed by atoms with E-state index in [0.717, 1.165) is 36.1 Å². The molecule has 7 nitrogen and oxygen atoms in total. The summed E-state index contributed by atoms with van der Waals surface area (Å²) >= 11 is 1.39. The maximum Gasteiger partial charge on any atom is 0.251 e. The quantitative estimate of drug-likeness (QED) is 0.617. The summed E-state index contributed by atoms with van der Waals surface area (Å²) in [5.41, 5.74) is 1.44. The molecule has 2 N–H and O–H groups in total. The average Bonchev–Trinajstić information content (AvgIpc) is 3.17. The Morgan fingerprint density at radius 2 is 1.87 bits per heavy atom. The van der Waals surface area contributed by atoms with Gasteiger partial charge in [-0.3, -0.25) is 14.5 Å². The Balaban J connectivity index is 1.27. The molecule has 1 saturated heterocycles. The van der Waals surface area contributed by atoms with Crippen molar-refractivity contribution in [1.29, 1.82) is 0 Å². The van der Waals surface area contributed by atoms with Crippen molar-refractivity contribution in [3.8, 4) is 0 Å². The number of nitrogens with zero attached hydrogens (tertiary/aromatic N) is 2. The molecule has 3 aromatic rings. The maximum absolute atomic E-state index is 12.4. The first-order valence-electron chi connectivity index (χ1n) is 10.4. The van der Waals surface area contributed by atoms with E-state index < -0.39 is 0 Å². The minimum Gasteiger partial charge on any atom is -0.373 e. The molecule has 1 fully saturated rings. The zero-order valence-electron chi connectivity index (χ0n) is 17.6. The highest BCUT2D eigenvalue weighted by Crippen LogP contribution is 2.19. The molecule has 2 atom stereocenters. The second kappa shape index (κ2) is 9.55. The molecule has 0 spiro atoms. The molecule has 162 valence electrons. The molecule has 0 aliphatic carbocycles. The van der Waals surface area contributed by atoms with E-state index in [1.807, 2.05) is 41.8 Å². The van der Waals surface area contributed by atoms with Gasteiger partial charge in [0.2, 0.25) is 5.91 Å². The van der Waals surface area contributed by atoms with E-state index in [9.17, 15) is 9.59 Å². The number of amides is 2. The smallest absolute Gasteiger partial charge is 0.251 e. The third-order valence-corrected chi connectivity index (χ3v) is 5.91. The number of carbonyl (C=O) groups is 2. The third-order valence-electron chi connectivity index (χ3n) is 5.10. The van der Waals surface area contributed by atoms with Crippen LogP contribution in [0.3, 0.4) is 0 Å². The van der Waals surface area contributed by atoms with Crippen LogP contribution in [-0.2, 0) is 16.1 Å². The van der Waals surface area contributed by atoms with Gasteiger partial charge in [-0.1, -0.05) is 30.3 Å². The predicted octanol–water partition coefficient (Wildman–Crippen LogP) is 3.27. The number of morpholine rings is 1. The van der Waals surface area contributed by atoms with Crippen LogP contribution in [0.4, 0.5) is 5.13 Å². The van der Waals surface area contributed by atoms with Crippen molar-refractivity contribution < 1.29 is 14.3 Å². The summed E-state index contributed by atoms with van der Waals surface area (Å²) in [6.45, 7) is 6.49. The monoisotopic (exact) mass is 438 g/mol. The molecule has 2 unspecified atom stereocenters. The van der Waals surface area contributed by atoms with Crippen LogP contribution in [0.5, 0.6) is 0 Å². The Hall–Kier alpha value is -2.81. The minimum absolute atomic E-state index is 0.112. The zero-order valence-corrected chi connectivity index (χ0v) is 18.4. The molecule has 2 heterocycles. The molecule has 2 amide bonds. The number of fused-ring (bicyclic) bond motifs is 1. The van der Waals surface area contributed by atoms with Gasteiger partial charge in [0, 0.05) is 30.6 Å². The minimum atomic E-state index is -0.302. The number of thiazole rings is 1. The average molecular weight is 439 g/mol. The number of hydrogen-bond acceptors (Lipinski definition) is 6. The normalized spacial score (nSPS) is 19.3. The highest BCUT2D eigenvalue weighted by Gasteiger charge is 2.22. The Kier molecular flexibility index (Phi) is 6.60. The molecule has 1 aromatic heterocycles. The molecular formula is C23H26N4O3S. The number of hydrogen-bond donors (Lipinski definition) is 2. The van der Waals surface area contributed by atoms with Gasteiger partial charge in [-0.05, 0) is 36.8 Å². The molecular weight excluding hydrogens is 412 g/mol. The van der Waals surface area contributed by atoms with Gasteiger partial charge >= 0.3 is 0 Å². The molecule has 2 aromatic carbocycles. The van der Waals surface area contributed by atoms with Gasteiger partial charge in [0.25, 0.3) is 5.91 Å². The highest BCUT2D eigenvalue weighted by atomic mass is 32.1. The first-order valence-corrected chi connectivity index (χ1v) is 11.2. The van der Waals surface area contributed by atoms with Gasteiger partial charge in [0.15, 0.2) is 5.13 Å². The first-order chi connectivity index (χ1) is 15.0. The lowest BCUT2D eigenvalue weighted by atomic mass is 10.1. The fourth-order valence-corrected chi connectivity index (χ4v) is 4.55. The lowest BCUT2D eigenvalue weighted by molar-refractivity contribution is -0.115. The summed E-state index contributed by atoms with van der Waals surface area (Å²) in [6.07, 6.45) is 0.403. The Morgan fingerprint density at radius 3 is 2.65 bits per heavy atom. The summed E-state index contributed by atoms with van der Waals surface area (Å²) in [5.74, 6) is -0.583. The molecule has 1 aliphatic heterocycles. The van der Waals surface area contributed by atoms with Crippen molar-refractivity contribution in [1.82, 2.24) is 15.2 Å². The van der Waals surface area contributed by atoms with Gasteiger partial charge in [-0.25, -0.2) is 4.98 Å². The largest absolute Gasteiger partial charge is 0.373 e. The van der Waals surface area contributed by atoms with Gasteiger partial charge in [-0.2, -0.15) is 0 Å². The second-order valence-corrected chi connectivity index (χ2v) is 8.75.